The molecule has 1 aromatic carbocycles. The first-order chi connectivity index (χ1) is 11.2. The highest BCUT2D eigenvalue weighted by molar-refractivity contribution is 5.36. The summed E-state index contributed by atoms with van der Waals surface area (Å²) in [5, 5.41) is 8.73. The maximum absolute atomic E-state index is 13.5. The maximum atomic E-state index is 13.5. The molecule has 0 aliphatic heterocycles. The molecule has 1 aromatic rings. The van der Waals surface area contributed by atoms with Gasteiger partial charge in [0.15, 0.2) is 0 Å². The highest BCUT2D eigenvalue weighted by Crippen LogP contribution is 2.32. The number of rotatable bonds is 8. The zero-order chi connectivity index (χ0) is 16.5. The van der Waals surface area contributed by atoms with Gasteiger partial charge in [-0.3, -0.25) is 0 Å². The molecule has 3 heteroatoms. The number of nitriles is 1. The monoisotopic (exact) mass is 317 g/mol. The Labute approximate surface area is 139 Å². The molecule has 1 saturated carbocycles. The highest BCUT2D eigenvalue weighted by atomic mass is 19.1. The number of ether oxygens (including phenoxy) is 1. The van der Waals surface area contributed by atoms with Gasteiger partial charge in [-0.25, -0.2) is 4.39 Å². The van der Waals surface area contributed by atoms with E-state index in [1.165, 1.54) is 69.9 Å². The topological polar surface area (TPSA) is 33.0 Å². The molecule has 0 atom stereocenters. The molecule has 2 nitrogen and oxygen atoms in total. The molecule has 0 bridgehead atoms. The summed E-state index contributed by atoms with van der Waals surface area (Å²) in [7, 11) is 0. The summed E-state index contributed by atoms with van der Waals surface area (Å²) in [4.78, 5) is 0. The van der Waals surface area contributed by atoms with Gasteiger partial charge in [0, 0.05) is 6.07 Å². The van der Waals surface area contributed by atoms with E-state index in [0.29, 0.717) is 18.3 Å². The summed E-state index contributed by atoms with van der Waals surface area (Å²) in [5.41, 5.74) is 0.0703. The fraction of sp³-hybridized carbons (Fsp3) is 0.650. The molecule has 0 radical (unpaired) electrons. The maximum Gasteiger partial charge on any atom is 0.144 e. The number of nitrogens with zero attached hydrogens (tertiary/aromatic N) is 1. The van der Waals surface area contributed by atoms with Crippen molar-refractivity contribution in [3.8, 4) is 11.8 Å². The molecule has 0 aromatic heterocycles. The minimum absolute atomic E-state index is 0.0703. The van der Waals surface area contributed by atoms with E-state index >= 15 is 0 Å². The Balaban J connectivity index is 1.66. The Kier molecular flexibility index (Phi) is 7.39. The Hall–Kier alpha value is -1.56. The predicted octanol–water partition coefficient (Wildman–Crippen LogP) is 5.85. The first-order valence-electron chi connectivity index (χ1n) is 9.05. The van der Waals surface area contributed by atoms with E-state index in [2.05, 4.69) is 6.92 Å². The Morgan fingerprint density at radius 3 is 2.52 bits per heavy atom. The summed E-state index contributed by atoms with van der Waals surface area (Å²) >= 11 is 0. The van der Waals surface area contributed by atoms with Crippen LogP contribution in [-0.4, -0.2) is 6.61 Å². The first-order valence-corrected chi connectivity index (χ1v) is 9.05. The fourth-order valence-electron chi connectivity index (χ4n) is 3.44. The quantitative estimate of drug-likeness (QED) is 0.563. The zero-order valence-electron chi connectivity index (χ0n) is 14.2. The predicted molar refractivity (Wildman–Crippen MR) is 90.8 cm³/mol. The van der Waals surface area contributed by atoms with Crippen LogP contribution in [0.25, 0.3) is 0 Å². The van der Waals surface area contributed by atoms with Crippen LogP contribution in [0.1, 0.15) is 70.3 Å². The average Bonchev–Trinajstić information content (AvgIpc) is 2.58. The molecule has 0 heterocycles. The van der Waals surface area contributed by atoms with Crippen LogP contribution in [0.3, 0.4) is 0 Å². The molecule has 0 N–H and O–H groups in total. The lowest BCUT2D eigenvalue weighted by Gasteiger charge is -2.28. The molecule has 1 fully saturated rings. The highest BCUT2D eigenvalue weighted by Gasteiger charge is 2.21. The van der Waals surface area contributed by atoms with Crippen LogP contribution < -0.4 is 4.74 Å². The van der Waals surface area contributed by atoms with Crippen molar-refractivity contribution in [1.29, 1.82) is 5.26 Å². The molecule has 1 aliphatic carbocycles. The molecular weight excluding hydrogens is 289 g/mol. The van der Waals surface area contributed by atoms with Crippen LogP contribution in [0.5, 0.6) is 5.75 Å². The number of halogens is 1. The van der Waals surface area contributed by atoms with Crippen LogP contribution in [0, 0.1) is 29.0 Å². The van der Waals surface area contributed by atoms with E-state index in [4.69, 9.17) is 10.00 Å². The largest absolute Gasteiger partial charge is 0.493 e. The van der Waals surface area contributed by atoms with Gasteiger partial charge in [-0.2, -0.15) is 5.26 Å². The molecule has 126 valence electrons. The summed E-state index contributed by atoms with van der Waals surface area (Å²) < 4.78 is 19.3. The Morgan fingerprint density at radius 1 is 1.13 bits per heavy atom. The van der Waals surface area contributed by atoms with Crippen molar-refractivity contribution in [3.63, 3.8) is 0 Å². The molecule has 0 amide bonds. The van der Waals surface area contributed by atoms with Gasteiger partial charge in [0.05, 0.1) is 12.2 Å². The molecule has 23 heavy (non-hydrogen) atoms. The van der Waals surface area contributed by atoms with Gasteiger partial charge >= 0.3 is 0 Å². The summed E-state index contributed by atoms with van der Waals surface area (Å²) in [5.74, 6) is 1.51. The van der Waals surface area contributed by atoms with Crippen LogP contribution >= 0.6 is 0 Å². The number of hydrogen-bond acceptors (Lipinski definition) is 2. The summed E-state index contributed by atoms with van der Waals surface area (Å²) in [6.07, 6.45) is 11.9. The molecule has 2 rings (SSSR count). The molecule has 0 spiro atoms. The van der Waals surface area contributed by atoms with E-state index in [1.807, 2.05) is 6.07 Å². The minimum atomic E-state index is -0.499. The second-order valence-corrected chi connectivity index (χ2v) is 6.80. The third-order valence-electron chi connectivity index (χ3n) is 4.98. The second kappa shape index (κ2) is 9.55. The van der Waals surface area contributed by atoms with Gasteiger partial charge in [0.2, 0.25) is 0 Å². The van der Waals surface area contributed by atoms with Gasteiger partial charge in [-0.05, 0) is 36.8 Å². The second-order valence-electron chi connectivity index (χ2n) is 6.80. The summed E-state index contributed by atoms with van der Waals surface area (Å²) in [6, 6.07) is 6.31. The lowest BCUT2D eigenvalue weighted by Crippen LogP contribution is -2.20. The van der Waals surface area contributed by atoms with Gasteiger partial charge in [-0.15, -0.1) is 0 Å². The van der Waals surface area contributed by atoms with Crippen molar-refractivity contribution in [3.05, 3.63) is 29.6 Å². The first kappa shape index (κ1) is 17.8. The van der Waals surface area contributed by atoms with Crippen molar-refractivity contribution < 1.29 is 9.13 Å². The lowest BCUT2D eigenvalue weighted by molar-refractivity contribution is 0.177. The third kappa shape index (κ3) is 5.86. The van der Waals surface area contributed by atoms with Crippen LogP contribution in [0.2, 0.25) is 0 Å². The summed E-state index contributed by atoms with van der Waals surface area (Å²) in [6.45, 7) is 2.92. The van der Waals surface area contributed by atoms with Gasteiger partial charge in [0.25, 0.3) is 0 Å². The molecule has 1 aliphatic rings. The fourth-order valence-corrected chi connectivity index (χ4v) is 3.44. The number of hydrogen-bond donors (Lipinski definition) is 0. The van der Waals surface area contributed by atoms with Crippen molar-refractivity contribution in [2.45, 2.75) is 64.7 Å². The Bertz CT molecular complexity index is 515. The van der Waals surface area contributed by atoms with Gasteiger partial charge < -0.3 is 4.74 Å². The lowest BCUT2D eigenvalue weighted by atomic mass is 9.80. The molecular formula is C20H28FNO. The average molecular weight is 317 g/mol. The third-order valence-corrected chi connectivity index (χ3v) is 4.98. The van der Waals surface area contributed by atoms with Gasteiger partial charge in [0.1, 0.15) is 17.6 Å². The van der Waals surface area contributed by atoms with Crippen molar-refractivity contribution in [1.82, 2.24) is 0 Å². The minimum Gasteiger partial charge on any atom is -0.493 e. The van der Waals surface area contributed by atoms with E-state index in [1.54, 1.807) is 6.07 Å². The number of unbranched alkanes of at least 4 members (excludes halogenated alkanes) is 3. The van der Waals surface area contributed by atoms with Crippen molar-refractivity contribution in [2.75, 3.05) is 6.61 Å². The normalized spacial score (nSPS) is 20.9. The van der Waals surface area contributed by atoms with Crippen molar-refractivity contribution in [2.24, 2.45) is 11.8 Å². The van der Waals surface area contributed by atoms with E-state index in [-0.39, 0.29) is 5.56 Å². The van der Waals surface area contributed by atoms with Crippen molar-refractivity contribution >= 4 is 0 Å². The SMILES string of the molecule is CCCCCC[C@H]1CC[C@H](COc2ccc(C#N)c(F)c2)CC1. The number of benzene rings is 1. The van der Waals surface area contributed by atoms with E-state index in [0.717, 1.165) is 5.92 Å². The van der Waals surface area contributed by atoms with Crippen LogP contribution in [0.4, 0.5) is 4.39 Å². The van der Waals surface area contributed by atoms with E-state index in [9.17, 15) is 4.39 Å². The van der Waals surface area contributed by atoms with Gasteiger partial charge in [-0.1, -0.05) is 51.9 Å². The smallest absolute Gasteiger partial charge is 0.144 e. The molecule has 0 saturated heterocycles. The molecule has 0 unspecified atom stereocenters. The van der Waals surface area contributed by atoms with E-state index < -0.39 is 5.82 Å². The van der Waals surface area contributed by atoms with Crippen LogP contribution in [-0.2, 0) is 0 Å². The van der Waals surface area contributed by atoms with Crippen LogP contribution in [0.15, 0.2) is 18.2 Å². The zero-order valence-corrected chi connectivity index (χ0v) is 14.2. The Morgan fingerprint density at radius 2 is 1.87 bits per heavy atom. The standard InChI is InChI=1S/C20H28FNO/c1-2-3-4-5-6-16-7-9-17(10-8-16)15-23-19-12-11-18(14-22)20(21)13-19/h11-13,16-17H,2-10,15H2,1H3/t16-,17-.